The molecule has 22 heavy (non-hydrogen) atoms. The van der Waals surface area contributed by atoms with Crippen LogP contribution in [0.15, 0.2) is 21.9 Å². The first-order valence-electron chi connectivity index (χ1n) is 7.62. The van der Waals surface area contributed by atoms with Gasteiger partial charge in [-0.05, 0) is 18.4 Å². The SMILES string of the molecule is Cc1nnc([C@H](C)NC[C@@H](c2cccs2)N2CCOCC2)o1. The van der Waals surface area contributed by atoms with Crippen LogP contribution < -0.4 is 5.32 Å². The molecule has 2 aromatic rings. The molecule has 1 aliphatic rings. The van der Waals surface area contributed by atoms with Gasteiger partial charge in [-0.2, -0.15) is 0 Å². The second-order valence-electron chi connectivity index (χ2n) is 5.47. The minimum absolute atomic E-state index is 0.0460. The molecular formula is C15H22N4O2S. The van der Waals surface area contributed by atoms with Gasteiger partial charge in [-0.1, -0.05) is 6.07 Å². The monoisotopic (exact) mass is 322 g/mol. The van der Waals surface area contributed by atoms with Gasteiger partial charge in [0.2, 0.25) is 11.8 Å². The Labute approximate surface area is 134 Å². The van der Waals surface area contributed by atoms with Crippen molar-refractivity contribution in [2.45, 2.75) is 25.9 Å². The minimum Gasteiger partial charge on any atom is -0.424 e. The zero-order valence-corrected chi connectivity index (χ0v) is 13.8. The number of nitrogens with zero attached hydrogens (tertiary/aromatic N) is 3. The van der Waals surface area contributed by atoms with Crippen molar-refractivity contribution >= 4 is 11.3 Å². The molecule has 0 aliphatic carbocycles. The van der Waals surface area contributed by atoms with E-state index in [0.717, 1.165) is 32.8 Å². The predicted molar refractivity (Wildman–Crippen MR) is 84.9 cm³/mol. The highest BCUT2D eigenvalue weighted by atomic mass is 32.1. The van der Waals surface area contributed by atoms with Crippen LogP contribution in [0.5, 0.6) is 0 Å². The van der Waals surface area contributed by atoms with E-state index in [4.69, 9.17) is 9.15 Å². The fraction of sp³-hybridized carbons (Fsp3) is 0.600. The third kappa shape index (κ3) is 3.73. The lowest BCUT2D eigenvalue weighted by Gasteiger charge is -2.34. The van der Waals surface area contributed by atoms with Crippen molar-refractivity contribution in [1.82, 2.24) is 20.4 Å². The van der Waals surface area contributed by atoms with E-state index in [1.165, 1.54) is 4.88 Å². The third-order valence-electron chi connectivity index (χ3n) is 3.89. The number of hydrogen-bond acceptors (Lipinski definition) is 7. The van der Waals surface area contributed by atoms with Crippen LogP contribution >= 0.6 is 11.3 Å². The Balaban J connectivity index is 1.65. The van der Waals surface area contributed by atoms with E-state index in [0.29, 0.717) is 17.8 Å². The van der Waals surface area contributed by atoms with Gasteiger partial charge in [-0.25, -0.2) is 0 Å². The highest BCUT2D eigenvalue weighted by Crippen LogP contribution is 2.26. The molecule has 2 atom stereocenters. The summed E-state index contributed by atoms with van der Waals surface area (Å²) in [6, 6.07) is 4.71. The number of morpholine rings is 1. The maximum atomic E-state index is 5.50. The predicted octanol–water partition coefficient (Wildman–Crippen LogP) is 2.16. The average Bonchev–Trinajstić information content (AvgIpc) is 3.20. The number of thiophene rings is 1. The van der Waals surface area contributed by atoms with Crippen molar-refractivity contribution in [3.8, 4) is 0 Å². The maximum Gasteiger partial charge on any atom is 0.233 e. The second kappa shape index (κ2) is 7.32. The van der Waals surface area contributed by atoms with Gasteiger partial charge in [0, 0.05) is 31.4 Å². The maximum absolute atomic E-state index is 5.50. The third-order valence-corrected chi connectivity index (χ3v) is 4.86. The number of ether oxygens (including phenoxy) is 1. The molecule has 0 saturated carbocycles. The molecular weight excluding hydrogens is 300 g/mol. The summed E-state index contributed by atoms with van der Waals surface area (Å²) in [5.74, 6) is 1.25. The van der Waals surface area contributed by atoms with Gasteiger partial charge >= 0.3 is 0 Å². The van der Waals surface area contributed by atoms with Gasteiger partial charge in [-0.3, -0.25) is 4.90 Å². The summed E-state index contributed by atoms with van der Waals surface area (Å²) in [6.45, 7) is 8.27. The Morgan fingerprint density at radius 1 is 1.36 bits per heavy atom. The van der Waals surface area contributed by atoms with Gasteiger partial charge in [0.1, 0.15) is 0 Å². The molecule has 0 aromatic carbocycles. The first kappa shape index (κ1) is 15.6. The van der Waals surface area contributed by atoms with Crippen LogP contribution in [0.3, 0.4) is 0 Å². The molecule has 0 amide bonds. The van der Waals surface area contributed by atoms with Gasteiger partial charge < -0.3 is 14.5 Å². The van der Waals surface area contributed by atoms with Crippen molar-refractivity contribution in [2.75, 3.05) is 32.8 Å². The van der Waals surface area contributed by atoms with E-state index < -0.39 is 0 Å². The number of rotatable bonds is 6. The van der Waals surface area contributed by atoms with Gasteiger partial charge in [0.15, 0.2) is 0 Å². The second-order valence-corrected chi connectivity index (χ2v) is 6.45. The van der Waals surface area contributed by atoms with E-state index in [1.807, 2.05) is 6.92 Å². The summed E-state index contributed by atoms with van der Waals surface area (Å²) in [5, 5.41) is 13.6. The van der Waals surface area contributed by atoms with Crippen LogP contribution in [-0.4, -0.2) is 47.9 Å². The van der Waals surface area contributed by atoms with Crippen LogP contribution in [0.4, 0.5) is 0 Å². The van der Waals surface area contributed by atoms with Crippen LogP contribution in [0.2, 0.25) is 0 Å². The Morgan fingerprint density at radius 3 is 2.82 bits per heavy atom. The molecule has 3 rings (SSSR count). The lowest BCUT2D eigenvalue weighted by molar-refractivity contribution is 0.0163. The standard InChI is InChI=1S/C15H22N4O2S/c1-11(15-18-17-12(2)21-15)16-10-13(14-4-3-9-22-14)19-5-7-20-8-6-19/h3-4,9,11,13,16H,5-8,10H2,1-2H3/t11-,13-/m0/s1. The van der Waals surface area contributed by atoms with E-state index in [-0.39, 0.29) is 6.04 Å². The fourth-order valence-electron chi connectivity index (χ4n) is 2.64. The van der Waals surface area contributed by atoms with Crippen molar-refractivity contribution in [3.63, 3.8) is 0 Å². The molecule has 3 heterocycles. The quantitative estimate of drug-likeness (QED) is 0.879. The lowest BCUT2D eigenvalue weighted by atomic mass is 10.1. The Hall–Kier alpha value is -1.28. The van der Waals surface area contributed by atoms with Crippen LogP contribution in [0, 0.1) is 6.92 Å². The zero-order chi connectivity index (χ0) is 15.4. The van der Waals surface area contributed by atoms with Crippen LogP contribution in [-0.2, 0) is 4.74 Å². The Morgan fingerprint density at radius 2 is 2.18 bits per heavy atom. The summed E-state index contributed by atoms with van der Waals surface area (Å²) in [5.41, 5.74) is 0. The van der Waals surface area contributed by atoms with E-state index >= 15 is 0 Å². The number of aryl methyl sites for hydroxylation is 1. The highest BCUT2D eigenvalue weighted by Gasteiger charge is 2.24. The summed E-state index contributed by atoms with van der Waals surface area (Å²) >= 11 is 1.80. The molecule has 2 aromatic heterocycles. The summed E-state index contributed by atoms with van der Waals surface area (Å²) < 4.78 is 11.0. The van der Waals surface area contributed by atoms with E-state index in [2.05, 4.69) is 44.9 Å². The molecule has 1 N–H and O–H groups in total. The van der Waals surface area contributed by atoms with Gasteiger partial charge in [-0.15, -0.1) is 21.5 Å². The first-order chi connectivity index (χ1) is 10.7. The fourth-order valence-corrected chi connectivity index (χ4v) is 3.50. The Kier molecular flexibility index (Phi) is 5.20. The minimum atomic E-state index is 0.0460. The smallest absolute Gasteiger partial charge is 0.233 e. The normalized spacial score (nSPS) is 19.2. The van der Waals surface area contributed by atoms with Gasteiger partial charge in [0.05, 0.1) is 25.3 Å². The molecule has 0 spiro atoms. The molecule has 1 fully saturated rings. The van der Waals surface area contributed by atoms with E-state index in [1.54, 1.807) is 11.3 Å². The molecule has 120 valence electrons. The summed E-state index contributed by atoms with van der Waals surface area (Å²) in [6.07, 6.45) is 0. The van der Waals surface area contributed by atoms with Gasteiger partial charge in [0.25, 0.3) is 0 Å². The van der Waals surface area contributed by atoms with Crippen molar-refractivity contribution in [1.29, 1.82) is 0 Å². The number of hydrogen-bond donors (Lipinski definition) is 1. The largest absolute Gasteiger partial charge is 0.424 e. The Bertz CT molecular complexity index is 566. The molecule has 1 aliphatic heterocycles. The highest BCUT2D eigenvalue weighted by molar-refractivity contribution is 7.10. The van der Waals surface area contributed by atoms with Crippen molar-refractivity contribution in [3.05, 3.63) is 34.2 Å². The van der Waals surface area contributed by atoms with Crippen molar-refractivity contribution < 1.29 is 9.15 Å². The van der Waals surface area contributed by atoms with Crippen molar-refractivity contribution in [2.24, 2.45) is 0 Å². The zero-order valence-electron chi connectivity index (χ0n) is 13.0. The first-order valence-corrected chi connectivity index (χ1v) is 8.50. The molecule has 6 nitrogen and oxygen atoms in total. The molecule has 0 unspecified atom stereocenters. The number of nitrogens with one attached hydrogen (secondary N) is 1. The lowest BCUT2D eigenvalue weighted by Crippen LogP contribution is -2.42. The molecule has 0 bridgehead atoms. The summed E-state index contributed by atoms with van der Waals surface area (Å²) in [7, 11) is 0. The van der Waals surface area contributed by atoms with Crippen LogP contribution in [0.1, 0.15) is 35.7 Å². The molecule has 1 saturated heterocycles. The average molecular weight is 322 g/mol. The number of aromatic nitrogens is 2. The molecule has 7 heteroatoms. The molecule has 0 radical (unpaired) electrons. The summed E-state index contributed by atoms with van der Waals surface area (Å²) in [4.78, 5) is 3.86. The van der Waals surface area contributed by atoms with E-state index in [9.17, 15) is 0 Å². The van der Waals surface area contributed by atoms with Crippen LogP contribution in [0.25, 0.3) is 0 Å². The topological polar surface area (TPSA) is 63.4 Å².